The van der Waals surface area contributed by atoms with Gasteiger partial charge >= 0.3 is 0 Å². The van der Waals surface area contributed by atoms with Gasteiger partial charge in [-0.05, 0) is 74.2 Å². The van der Waals surface area contributed by atoms with Crippen molar-refractivity contribution in [1.29, 1.82) is 0 Å². The summed E-state index contributed by atoms with van der Waals surface area (Å²) in [7, 11) is 0. The van der Waals surface area contributed by atoms with Crippen LogP contribution in [-0.2, 0) is 9.59 Å². The largest absolute Gasteiger partial charge is 0.389 e. The highest BCUT2D eigenvalue weighted by Crippen LogP contribution is 2.66. The van der Waals surface area contributed by atoms with E-state index >= 15 is 0 Å². The molecule has 4 aliphatic rings. The first kappa shape index (κ1) is 17.4. The summed E-state index contributed by atoms with van der Waals surface area (Å²) in [4.78, 5) is 24.1. The fourth-order valence-corrected chi connectivity index (χ4v) is 7.25. The van der Waals surface area contributed by atoms with Crippen molar-refractivity contribution in [2.75, 3.05) is 13.3 Å². The Labute approximate surface area is 149 Å². The number of halogens is 1. The number of carbonyl (C=O) groups excluding carboxylic acids is 2. The van der Waals surface area contributed by atoms with Gasteiger partial charge in [0.25, 0.3) is 0 Å². The average molecular weight is 348 g/mol. The first-order valence-electron chi connectivity index (χ1n) is 9.89. The van der Waals surface area contributed by atoms with Crippen LogP contribution in [0.3, 0.4) is 0 Å². The van der Waals surface area contributed by atoms with Crippen LogP contribution < -0.4 is 0 Å². The Kier molecular flexibility index (Phi) is 4.18. The maximum atomic E-state index is 14.4. The van der Waals surface area contributed by atoms with Crippen molar-refractivity contribution in [1.82, 2.24) is 0 Å². The van der Waals surface area contributed by atoms with E-state index in [1.165, 1.54) is 0 Å². The van der Waals surface area contributed by atoms with Crippen LogP contribution in [0.15, 0.2) is 11.6 Å². The Morgan fingerprint density at radius 2 is 2.00 bits per heavy atom. The summed E-state index contributed by atoms with van der Waals surface area (Å²) < 4.78 is 14.4. The van der Waals surface area contributed by atoms with Gasteiger partial charge in [0.1, 0.15) is 6.61 Å². The first-order chi connectivity index (χ1) is 12.0. The SMILES string of the molecule is C[C@]12CC[C@H]3[C@@H](CCC4=CC(=O)CC[C@@]43CF)[C@@H]1CC[C@@H]2C(=O)CO. The summed E-state index contributed by atoms with van der Waals surface area (Å²) >= 11 is 0. The van der Waals surface area contributed by atoms with Gasteiger partial charge in [0.2, 0.25) is 0 Å². The molecule has 4 rings (SSSR count). The van der Waals surface area contributed by atoms with Crippen LogP contribution in [0.1, 0.15) is 58.3 Å². The summed E-state index contributed by atoms with van der Waals surface area (Å²) in [5, 5.41) is 9.35. The summed E-state index contributed by atoms with van der Waals surface area (Å²) in [6, 6.07) is 0. The van der Waals surface area contributed by atoms with E-state index in [0.717, 1.165) is 44.1 Å². The van der Waals surface area contributed by atoms with E-state index in [0.29, 0.717) is 30.6 Å². The molecule has 0 aromatic carbocycles. The summed E-state index contributed by atoms with van der Waals surface area (Å²) in [5.74, 6) is 1.34. The summed E-state index contributed by atoms with van der Waals surface area (Å²) in [6.07, 6.45) is 8.53. The minimum absolute atomic E-state index is 0.0108. The van der Waals surface area contributed by atoms with Gasteiger partial charge < -0.3 is 5.11 Å². The third-order valence-electron chi connectivity index (χ3n) is 8.47. The number of Topliss-reactive ketones (excluding diaryl/α,β-unsaturated/α-hetero) is 1. The molecule has 25 heavy (non-hydrogen) atoms. The smallest absolute Gasteiger partial charge is 0.161 e. The highest BCUT2D eigenvalue weighted by atomic mass is 19.1. The Morgan fingerprint density at radius 1 is 1.20 bits per heavy atom. The predicted molar refractivity (Wildman–Crippen MR) is 92.6 cm³/mol. The van der Waals surface area contributed by atoms with E-state index in [1.807, 2.05) is 0 Å². The Bertz CT molecular complexity index is 627. The van der Waals surface area contributed by atoms with E-state index in [4.69, 9.17) is 0 Å². The van der Waals surface area contributed by atoms with E-state index in [2.05, 4.69) is 6.92 Å². The van der Waals surface area contributed by atoms with Gasteiger partial charge in [0, 0.05) is 17.8 Å². The Hall–Kier alpha value is -1.03. The second-order valence-electron chi connectivity index (χ2n) is 9.14. The van der Waals surface area contributed by atoms with Crippen LogP contribution in [0.5, 0.6) is 0 Å². The van der Waals surface area contributed by atoms with Gasteiger partial charge in [-0.25, -0.2) is 0 Å². The molecule has 1 N–H and O–H groups in total. The molecule has 0 amide bonds. The van der Waals surface area contributed by atoms with Crippen molar-refractivity contribution in [3.8, 4) is 0 Å². The zero-order valence-corrected chi connectivity index (χ0v) is 15.1. The number of aliphatic hydroxyl groups excluding tert-OH is 1. The van der Waals surface area contributed by atoms with Crippen molar-refractivity contribution in [2.24, 2.45) is 34.5 Å². The molecule has 3 fully saturated rings. The molecule has 0 saturated heterocycles. The van der Waals surface area contributed by atoms with Crippen LogP contribution in [0.25, 0.3) is 0 Å². The van der Waals surface area contributed by atoms with E-state index in [-0.39, 0.29) is 36.2 Å². The molecule has 0 spiro atoms. The highest BCUT2D eigenvalue weighted by molar-refractivity contribution is 5.91. The molecular weight excluding hydrogens is 319 g/mol. The van der Waals surface area contributed by atoms with Gasteiger partial charge in [-0.1, -0.05) is 12.5 Å². The number of rotatable bonds is 3. The van der Waals surface area contributed by atoms with Gasteiger partial charge in [0.15, 0.2) is 11.6 Å². The van der Waals surface area contributed by atoms with Crippen LogP contribution in [0.4, 0.5) is 4.39 Å². The van der Waals surface area contributed by atoms with E-state index in [1.54, 1.807) is 6.08 Å². The topological polar surface area (TPSA) is 54.4 Å². The van der Waals surface area contributed by atoms with Gasteiger partial charge in [-0.3, -0.25) is 14.0 Å². The maximum absolute atomic E-state index is 14.4. The number of aliphatic hydroxyl groups is 1. The molecule has 3 saturated carbocycles. The lowest BCUT2D eigenvalue weighted by atomic mass is 9.46. The Balaban J connectivity index is 1.67. The van der Waals surface area contributed by atoms with Crippen molar-refractivity contribution in [3.63, 3.8) is 0 Å². The van der Waals surface area contributed by atoms with Crippen molar-refractivity contribution in [2.45, 2.75) is 58.3 Å². The number of ketones is 2. The fourth-order valence-electron chi connectivity index (χ4n) is 7.25. The van der Waals surface area contributed by atoms with Crippen LogP contribution in [0.2, 0.25) is 0 Å². The maximum Gasteiger partial charge on any atom is 0.161 e. The number of hydrogen-bond acceptors (Lipinski definition) is 3. The molecule has 138 valence electrons. The monoisotopic (exact) mass is 348 g/mol. The molecule has 4 heteroatoms. The highest BCUT2D eigenvalue weighted by Gasteiger charge is 2.61. The predicted octanol–water partition coefficient (Wildman–Crippen LogP) is 3.65. The number of alkyl halides is 1. The van der Waals surface area contributed by atoms with Gasteiger partial charge in [-0.15, -0.1) is 0 Å². The minimum Gasteiger partial charge on any atom is -0.389 e. The van der Waals surface area contributed by atoms with Crippen LogP contribution in [0, 0.1) is 34.5 Å². The van der Waals surface area contributed by atoms with E-state index < -0.39 is 5.41 Å². The molecule has 0 unspecified atom stereocenters. The average Bonchev–Trinajstić information content (AvgIpc) is 2.98. The lowest BCUT2D eigenvalue weighted by molar-refractivity contribution is -0.133. The van der Waals surface area contributed by atoms with Crippen molar-refractivity contribution < 1.29 is 19.1 Å². The summed E-state index contributed by atoms with van der Waals surface area (Å²) in [5.41, 5.74) is 0.610. The first-order valence-corrected chi connectivity index (χ1v) is 9.89. The lowest BCUT2D eigenvalue weighted by Gasteiger charge is -2.58. The molecule has 0 aliphatic heterocycles. The van der Waals surface area contributed by atoms with Crippen LogP contribution in [-0.4, -0.2) is 30.0 Å². The molecule has 0 aromatic heterocycles. The summed E-state index contributed by atoms with van der Waals surface area (Å²) in [6.45, 7) is 1.52. The molecule has 3 nitrogen and oxygen atoms in total. The molecule has 0 aromatic rings. The van der Waals surface area contributed by atoms with Crippen molar-refractivity contribution in [3.05, 3.63) is 11.6 Å². The van der Waals surface area contributed by atoms with Crippen LogP contribution >= 0.6 is 0 Å². The zero-order valence-electron chi connectivity index (χ0n) is 15.1. The molecule has 0 radical (unpaired) electrons. The fraction of sp³-hybridized carbons (Fsp3) is 0.810. The molecular formula is C21H29FO3. The van der Waals surface area contributed by atoms with Crippen molar-refractivity contribution >= 4 is 11.6 Å². The molecule has 0 heterocycles. The number of fused-ring (bicyclic) bond motifs is 5. The normalized spacial score (nSPS) is 46.0. The van der Waals surface area contributed by atoms with E-state index in [9.17, 15) is 19.1 Å². The molecule has 4 aliphatic carbocycles. The Morgan fingerprint density at radius 3 is 2.72 bits per heavy atom. The quantitative estimate of drug-likeness (QED) is 0.847. The number of carbonyl (C=O) groups is 2. The lowest BCUT2D eigenvalue weighted by Crippen LogP contribution is -2.53. The number of hydrogen-bond donors (Lipinski definition) is 1. The number of allylic oxidation sites excluding steroid dienone is 1. The minimum atomic E-state index is -0.419. The third kappa shape index (κ3) is 2.32. The molecule has 6 atom stereocenters. The standard InChI is InChI=1S/C21H29FO3/c1-20-8-7-17-15(16(20)4-5-18(20)19(25)11-23)3-2-13-10-14(24)6-9-21(13,17)12-22/h10,15-18,23H,2-9,11-12H2,1H3/t15-,16-,17-,18+,20-,21+/m0/s1. The second-order valence-corrected chi connectivity index (χ2v) is 9.14. The second kappa shape index (κ2) is 6.00. The van der Waals surface area contributed by atoms with Gasteiger partial charge in [0.05, 0.1) is 6.67 Å². The zero-order chi connectivity index (χ0) is 17.8. The molecule has 0 bridgehead atoms. The van der Waals surface area contributed by atoms with Gasteiger partial charge in [-0.2, -0.15) is 0 Å². The third-order valence-corrected chi connectivity index (χ3v) is 8.47.